The zero-order valence-electron chi connectivity index (χ0n) is 9.44. The third-order valence-corrected chi connectivity index (χ3v) is 3.72. The molecule has 0 fully saturated rings. The van der Waals surface area contributed by atoms with E-state index in [0.29, 0.717) is 27.2 Å². The van der Waals surface area contributed by atoms with E-state index < -0.39 is 0 Å². The summed E-state index contributed by atoms with van der Waals surface area (Å²) in [5.41, 5.74) is 8.06. The molecular formula is C12H7BrCl2N4. The van der Waals surface area contributed by atoms with E-state index in [2.05, 4.69) is 25.9 Å². The van der Waals surface area contributed by atoms with Gasteiger partial charge in [0.25, 0.3) is 0 Å². The van der Waals surface area contributed by atoms with Gasteiger partial charge in [-0.15, -0.1) is 0 Å². The van der Waals surface area contributed by atoms with Gasteiger partial charge in [-0.05, 0) is 40.2 Å². The molecule has 0 atom stereocenters. The van der Waals surface area contributed by atoms with Crippen LogP contribution in [0.25, 0.3) is 16.9 Å². The second-order valence-corrected chi connectivity index (χ2v) is 5.62. The summed E-state index contributed by atoms with van der Waals surface area (Å²) in [6.45, 7) is 0. The Bertz CT molecular complexity index is 785. The van der Waals surface area contributed by atoms with E-state index in [4.69, 9.17) is 28.9 Å². The topological polar surface area (TPSA) is 56.7 Å². The van der Waals surface area contributed by atoms with Gasteiger partial charge in [0, 0.05) is 15.7 Å². The molecule has 4 nitrogen and oxygen atoms in total. The van der Waals surface area contributed by atoms with Crippen molar-refractivity contribution in [1.82, 2.24) is 14.5 Å². The molecule has 19 heavy (non-hydrogen) atoms. The van der Waals surface area contributed by atoms with E-state index in [-0.39, 0.29) is 0 Å². The van der Waals surface area contributed by atoms with Gasteiger partial charge in [0.1, 0.15) is 5.52 Å². The average molecular weight is 358 g/mol. The van der Waals surface area contributed by atoms with E-state index in [1.807, 2.05) is 6.07 Å². The van der Waals surface area contributed by atoms with E-state index in [9.17, 15) is 0 Å². The van der Waals surface area contributed by atoms with Crippen molar-refractivity contribution >= 4 is 56.2 Å². The highest BCUT2D eigenvalue weighted by Crippen LogP contribution is 2.30. The van der Waals surface area contributed by atoms with Crippen LogP contribution >= 0.6 is 39.1 Å². The van der Waals surface area contributed by atoms with Crippen LogP contribution in [-0.4, -0.2) is 14.5 Å². The fourth-order valence-corrected chi connectivity index (χ4v) is 2.87. The van der Waals surface area contributed by atoms with Crippen molar-refractivity contribution < 1.29 is 0 Å². The van der Waals surface area contributed by atoms with Gasteiger partial charge in [-0.25, -0.2) is 9.97 Å². The van der Waals surface area contributed by atoms with Crippen molar-refractivity contribution in [3.63, 3.8) is 0 Å². The maximum absolute atomic E-state index is 5.96. The van der Waals surface area contributed by atoms with Crippen LogP contribution in [0.5, 0.6) is 0 Å². The third-order valence-electron chi connectivity index (χ3n) is 2.64. The number of pyridine rings is 1. The lowest BCUT2D eigenvalue weighted by molar-refractivity contribution is 1.08. The molecule has 2 aromatic heterocycles. The molecule has 1 aromatic carbocycles. The van der Waals surface area contributed by atoms with Gasteiger partial charge in [0.15, 0.2) is 5.65 Å². The highest BCUT2D eigenvalue weighted by atomic mass is 79.9. The Hall–Kier alpha value is -1.30. The minimum atomic E-state index is 0.341. The Morgan fingerprint density at radius 3 is 2.68 bits per heavy atom. The number of nitrogen functional groups attached to an aromatic ring is 1. The van der Waals surface area contributed by atoms with Crippen LogP contribution in [0.2, 0.25) is 10.0 Å². The summed E-state index contributed by atoms with van der Waals surface area (Å²) in [5.74, 6) is 0.341. The number of anilines is 1. The number of benzene rings is 1. The lowest BCUT2D eigenvalue weighted by Crippen LogP contribution is -2.02. The number of halogens is 3. The van der Waals surface area contributed by atoms with Gasteiger partial charge in [-0.3, -0.25) is 4.57 Å². The summed E-state index contributed by atoms with van der Waals surface area (Å²) in [6, 6.07) is 7.14. The standard InChI is InChI=1S/C12H7BrCl2N4/c13-8-3-6(14)1-2-10(8)19-11-9(18-12(19)16)4-7(15)5-17-11/h1-5H,(H2,16,18). The van der Waals surface area contributed by atoms with Gasteiger partial charge in [-0.2, -0.15) is 0 Å². The molecule has 0 aliphatic rings. The molecule has 7 heteroatoms. The number of rotatable bonds is 1. The van der Waals surface area contributed by atoms with Crippen molar-refractivity contribution in [3.8, 4) is 5.69 Å². The predicted molar refractivity (Wildman–Crippen MR) is 81.0 cm³/mol. The molecule has 2 N–H and O–H groups in total. The van der Waals surface area contributed by atoms with Gasteiger partial charge in [0.2, 0.25) is 5.95 Å². The van der Waals surface area contributed by atoms with Crippen LogP contribution < -0.4 is 5.73 Å². The first kappa shape index (κ1) is 12.7. The normalized spacial score (nSPS) is 11.1. The number of hydrogen-bond acceptors (Lipinski definition) is 3. The van der Waals surface area contributed by atoms with Crippen molar-refractivity contribution in [2.75, 3.05) is 5.73 Å². The molecule has 2 heterocycles. The molecule has 0 radical (unpaired) electrons. The Kier molecular flexibility index (Phi) is 3.12. The first-order valence-corrected chi connectivity index (χ1v) is 6.86. The molecule has 3 rings (SSSR count). The van der Waals surface area contributed by atoms with Gasteiger partial charge in [0.05, 0.1) is 10.7 Å². The van der Waals surface area contributed by atoms with Crippen LogP contribution in [0, 0.1) is 0 Å². The highest BCUT2D eigenvalue weighted by molar-refractivity contribution is 9.10. The summed E-state index contributed by atoms with van der Waals surface area (Å²) in [7, 11) is 0. The van der Waals surface area contributed by atoms with Crippen molar-refractivity contribution in [2.45, 2.75) is 0 Å². The molecule has 0 spiro atoms. The fourth-order valence-electron chi connectivity index (χ4n) is 1.86. The zero-order valence-corrected chi connectivity index (χ0v) is 12.5. The highest BCUT2D eigenvalue weighted by Gasteiger charge is 2.14. The molecule has 0 saturated heterocycles. The van der Waals surface area contributed by atoms with E-state index in [1.54, 1.807) is 29.0 Å². The molecule has 0 aliphatic carbocycles. The Morgan fingerprint density at radius 2 is 1.95 bits per heavy atom. The largest absolute Gasteiger partial charge is 0.369 e. The molecule has 0 amide bonds. The minimum absolute atomic E-state index is 0.341. The summed E-state index contributed by atoms with van der Waals surface area (Å²) < 4.78 is 2.55. The summed E-state index contributed by atoms with van der Waals surface area (Å²) in [4.78, 5) is 8.53. The monoisotopic (exact) mass is 356 g/mol. The van der Waals surface area contributed by atoms with Crippen LogP contribution in [0.4, 0.5) is 5.95 Å². The van der Waals surface area contributed by atoms with Gasteiger partial charge in [-0.1, -0.05) is 23.2 Å². The lowest BCUT2D eigenvalue weighted by Gasteiger charge is -2.08. The zero-order chi connectivity index (χ0) is 13.6. The molecule has 0 unspecified atom stereocenters. The van der Waals surface area contributed by atoms with Crippen LogP contribution in [-0.2, 0) is 0 Å². The first-order chi connectivity index (χ1) is 9.06. The third kappa shape index (κ3) is 2.18. The van der Waals surface area contributed by atoms with Gasteiger partial charge >= 0.3 is 0 Å². The van der Waals surface area contributed by atoms with Crippen LogP contribution in [0.1, 0.15) is 0 Å². The summed E-state index contributed by atoms with van der Waals surface area (Å²) in [5, 5.41) is 1.15. The van der Waals surface area contributed by atoms with Gasteiger partial charge < -0.3 is 5.73 Å². The molecule has 0 aliphatic heterocycles. The summed E-state index contributed by atoms with van der Waals surface area (Å²) in [6.07, 6.45) is 1.56. The number of nitrogens with two attached hydrogens (primary N) is 1. The van der Waals surface area contributed by atoms with E-state index in [1.165, 1.54) is 0 Å². The number of imidazole rings is 1. The van der Waals surface area contributed by atoms with Crippen molar-refractivity contribution in [1.29, 1.82) is 0 Å². The number of fused-ring (bicyclic) bond motifs is 1. The van der Waals surface area contributed by atoms with Crippen molar-refractivity contribution in [3.05, 3.63) is 45.0 Å². The predicted octanol–water partition coefficient (Wildman–Crippen LogP) is 4.07. The van der Waals surface area contributed by atoms with E-state index >= 15 is 0 Å². The maximum Gasteiger partial charge on any atom is 0.207 e. The number of aromatic nitrogens is 3. The first-order valence-electron chi connectivity index (χ1n) is 5.31. The Morgan fingerprint density at radius 1 is 1.16 bits per heavy atom. The number of nitrogens with zero attached hydrogens (tertiary/aromatic N) is 3. The SMILES string of the molecule is Nc1nc2cc(Cl)cnc2n1-c1ccc(Cl)cc1Br. The molecular weight excluding hydrogens is 351 g/mol. The average Bonchev–Trinajstić information content (AvgIpc) is 2.65. The Labute approximate surface area is 127 Å². The number of hydrogen-bond donors (Lipinski definition) is 1. The second kappa shape index (κ2) is 4.67. The fraction of sp³-hybridized carbons (Fsp3) is 0. The van der Waals surface area contributed by atoms with Crippen molar-refractivity contribution in [2.24, 2.45) is 0 Å². The summed E-state index contributed by atoms with van der Waals surface area (Å²) >= 11 is 15.3. The Balaban J connectivity index is 2.33. The van der Waals surface area contributed by atoms with E-state index in [0.717, 1.165) is 10.2 Å². The molecule has 3 aromatic rings. The molecule has 96 valence electrons. The minimum Gasteiger partial charge on any atom is -0.369 e. The molecule has 0 saturated carbocycles. The smallest absolute Gasteiger partial charge is 0.207 e. The second-order valence-electron chi connectivity index (χ2n) is 3.90. The van der Waals surface area contributed by atoms with Crippen LogP contribution in [0.15, 0.2) is 34.9 Å². The van der Waals surface area contributed by atoms with Crippen LogP contribution in [0.3, 0.4) is 0 Å². The quantitative estimate of drug-likeness (QED) is 0.714. The molecule has 0 bridgehead atoms. The lowest BCUT2D eigenvalue weighted by atomic mass is 10.3. The maximum atomic E-state index is 5.96.